The quantitative estimate of drug-likeness (QED) is 0.844. The van der Waals surface area contributed by atoms with Gasteiger partial charge in [-0.2, -0.15) is 15.4 Å². The molecule has 0 bridgehead atoms. The Morgan fingerprint density at radius 2 is 2.24 bits per heavy atom. The summed E-state index contributed by atoms with van der Waals surface area (Å²) in [6.07, 6.45) is 0. The summed E-state index contributed by atoms with van der Waals surface area (Å²) >= 11 is 3.25. The molecule has 0 aliphatic carbocycles. The highest BCUT2D eigenvalue weighted by Gasteiger charge is 2.20. The Morgan fingerprint density at radius 3 is 2.88 bits per heavy atom. The van der Waals surface area contributed by atoms with Gasteiger partial charge in [-0.25, -0.2) is 4.39 Å². The van der Waals surface area contributed by atoms with Crippen LogP contribution in [0, 0.1) is 5.82 Å². The third-order valence-electron chi connectivity index (χ3n) is 2.26. The van der Waals surface area contributed by atoms with Crippen LogP contribution in [-0.2, 0) is 5.33 Å². The van der Waals surface area contributed by atoms with Gasteiger partial charge in [0.25, 0.3) is 5.91 Å². The van der Waals surface area contributed by atoms with Gasteiger partial charge >= 0.3 is 0 Å². The summed E-state index contributed by atoms with van der Waals surface area (Å²) < 4.78 is 13.8. The first-order chi connectivity index (χ1) is 8.15. The number of aromatic amines is 1. The van der Waals surface area contributed by atoms with Crippen molar-refractivity contribution in [3.63, 3.8) is 0 Å². The van der Waals surface area contributed by atoms with Crippen molar-refractivity contribution in [3.05, 3.63) is 35.3 Å². The lowest BCUT2D eigenvalue weighted by Crippen LogP contribution is -2.13. The molecule has 0 radical (unpaired) electrons. The molecule has 17 heavy (non-hydrogen) atoms. The molecule has 0 aliphatic rings. The number of nitrogens with two attached hydrogens (primary N) is 1. The fourth-order valence-corrected chi connectivity index (χ4v) is 1.99. The number of nitrogens with zero attached hydrogens (tertiary/aromatic N) is 2. The van der Waals surface area contributed by atoms with Gasteiger partial charge in [-0.1, -0.05) is 28.1 Å². The van der Waals surface area contributed by atoms with E-state index in [1.54, 1.807) is 12.1 Å². The van der Waals surface area contributed by atoms with E-state index in [0.717, 1.165) is 0 Å². The summed E-state index contributed by atoms with van der Waals surface area (Å²) in [5, 5.41) is 10.1. The molecule has 88 valence electrons. The van der Waals surface area contributed by atoms with Gasteiger partial charge in [-0.15, -0.1) is 0 Å². The molecule has 0 saturated carbocycles. The first-order valence-electron chi connectivity index (χ1n) is 4.69. The minimum absolute atomic E-state index is 0.0719. The number of benzene rings is 1. The van der Waals surface area contributed by atoms with E-state index < -0.39 is 11.7 Å². The number of aromatic nitrogens is 3. The van der Waals surface area contributed by atoms with Crippen molar-refractivity contribution < 1.29 is 9.18 Å². The van der Waals surface area contributed by atoms with E-state index in [-0.39, 0.29) is 17.0 Å². The highest BCUT2D eigenvalue weighted by Crippen LogP contribution is 2.28. The lowest BCUT2D eigenvalue weighted by molar-refractivity contribution is 0.0996. The Balaban J connectivity index is 2.68. The Hall–Kier alpha value is -1.76. The molecule has 1 aromatic carbocycles. The summed E-state index contributed by atoms with van der Waals surface area (Å²) in [5.74, 6) is -1.23. The second-order valence-corrected chi connectivity index (χ2v) is 3.85. The van der Waals surface area contributed by atoms with E-state index in [0.29, 0.717) is 10.9 Å². The van der Waals surface area contributed by atoms with Crippen molar-refractivity contribution in [3.8, 4) is 11.3 Å². The lowest BCUT2D eigenvalue weighted by atomic mass is 10.0. The first-order valence-corrected chi connectivity index (χ1v) is 5.81. The van der Waals surface area contributed by atoms with Crippen LogP contribution in [0.4, 0.5) is 4.39 Å². The molecule has 2 rings (SSSR count). The van der Waals surface area contributed by atoms with E-state index in [1.807, 2.05) is 0 Å². The molecule has 5 nitrogen and oxygen atoms in total. The second kappa shape index (κ2) is 4.62. The van der Waals surface area contributed by atoms with Crippen LogP contribution in [0.25, 0.3) is 11.3 Å². The Morgan fingerprint density at radius 1 is 1.47 bits per heavy atom. The van der Waals surface area contributed by atoms with Crippen LogP contribution in [0.15, 0.2) is 18.2 Å². The molecule has 0 atom stereocenters. The van der Waals surface area contributed by atoms with Gasteiger partial charge in [0, 0.05) is 10.9 Å². The number of alkyl halides is 1. The van der Waals surface area contributed by atoms with Crippen molar-refractivity contribution in [2.24, 2.45) is 5.73 Å². The molecule has 1 aromatic heterocycles. The predicted octanol–water partition coefficient (Wildman–Crippen LogP) is 1.60. The van der Waals surface area contributed by atoms with Crippen LogP contribution in [0.1, 0.15) is 16.1 Å². The molecule has 2 aromatic rings. The minimum Gasteiger partial charge on any atom is -0.364 e. The summed E-state index contributed by atoms with van der Waals surface area (Å²) in [6.45, 7) is 0. The van der Waals surface area contributed by atoms with Crippen molar-refractivity contribution >= 4 is 21.8 Å². The van der Waals surface area contributed by atoms with Gasteiger partial charge in [0.2, 0.25) is 0 Å². The number of halogens is 2. The molecule has 0 fully saturated rings. The predicted molar refractivity (Wildman–Crippen MR) is 62.9 cm³/mol. The fraction of sp³-hybridized carbons (Fsp3) is 0.100. The summed E-state index contributed by atoms with van der Waals surface area (Å²) in [4.78, 5) is 11.1. The molecular formula is C10H8BrFN4O. The van der Waals surface area contributed by atoms with E-state index >= 15 is 0 Å². The van der Waals surface area contributed by atoms with Crippen molar-refractivity contribution in [2.45, 2.75) is 5.33 Å². The summed E-state index contributed by atoms with van der Waals surface area (Å²) in [7, 11) is 0. The second-order valence-electron chi connectivity index (χ2n) is 3.29. The van der Waals surface area contributed by atoms with Crippen LogP contribution in [0.2, 0.25) is 0 Å². The van der Waals surface area contributed by atoms with Gasteiger partial charge in [-0.3, -0.25) is 4.79 Å². The van der Waals surface area contributed by atoms with E-state index in [1.165, 1.54) is 6.07 Å². The number of carbonyl (C=O) groups excluding carboxylic acids is 1. The number of rotatable bonds is 3. The SMILES string of the molecule is NC(=O)c1n[nH]nc1-c1c(F)cccc1CBr. The number of nitrogens with one attached hydrogen (secondary N) is 1. The molecule has 0 saturated heterocycles. The zero-order valence-electron chi connectivity index (χ0n) is 8.58. The Kier molecular flexibility index (Phi) is 3.19. The van der Waals surface area contributed by atoms with Gasteiger partial charge in [0.05, 0.1) is 0 Å². The largest absolute Gasteiger partial charge is 0.364 e. The van der Waals surface area contributed by atoms with Crippen LogP contribution < -0.4 is 5.73 Å². The monoisotopic (exact) mass is 298 g/mol. The third-order valence-corrected chi connectivity index (χ3v) is 2.87. The van der Waals surface area contributed by atoms with Gasteiger partial charge in [-0.05, 0) is 11.6 Å². The van der Waals surface area contributed by atoms with E-state index in [9.17, 15) is 9.18 Å². The Bertz CT molecular complexity index is 569. The standard InChI is InChI=1S/C10H8BrFN4O/c11-4-5-2-1-3-6(12)7(5)8-9(10(13)17)15-16-14-8/h1-3H,4H2,(H2,13,17)(H,14,15,16). The highest BCUT2D eigenvalue weighted by molar-refractivity contribution is 9.08. The molecule has 0 spiro atoms. The molecule has 7 heteroatoms. The van der Waals surface area contributed by atoms with Crippen molar-refractivity contribution in [1.82, 2.24) is 15.4 Å². The minimum atomic E-state index is -0.752. The zero-order chi connectivity index (χ0) is 12.4. The summed E-state index contributed by atoms with van der Waals surface area (Å²) in [5.41, 5.74) is 6.10. The van der Waals surface area contributed by atoms with Gasteiger partial charge in [0.1, 0.15) is 11.5 Å². The molecule has 0 aliphatic heterocycles. The van der Waals surface area contributed by atoms with Crippen molar-refractivity contribution in [1.29, 1.82) is 0 Å². The van der Waals surface area contributed by atoms with Crippen molar-refractivity contribution in [2.75, 3.05) is 0 Å². The molecule has 3 N–H and O–H groups in total. The average Bonchev–Trinajstić information content (AvgIpc) is 2.77. The Labute approximate surface area is 104 Å². The van der Waals surface area contributed by atoms with Gasteiger partial charge in [0.15, 0.2) is 5.69 Å². The number of carbonyl (C=O) groups is 1. The third kappa shape index (κ3) is 2.05. The zero-order valence-corrected chi connectivity index (χ0v) is 10.2. The molecule has 0 unspecified atom stereocenters. The van der Waals surface area contributed by atoms with Gasteiger partial charge < -0.3 is 5.73 Å². The summed E-state index contributed by atoms with van der Waals surface area (Å²) in [6, 6.07) is 4.60. The number of H-pyrrole nitrogens is 1. The van der Waals surface area contributed by atoms with Crippen LogP contribution in [0.3, 0.4) is 0 Å². The number of amides is 1. The average molecular weight is 299 g/mol. The number of hydrogen-bond acceptors (Lipinski definition) is 3. The normalized spacial score (nSPS) is 10.5. The fourth-order valence-electron chi connectivity index (χ4n) is 1.52. The maximum atomic E-state index is 13.8. The van der Waals surface area contributed by atoms with Crippen LogP contribution in [0.5, 0.6) is 0 Å². The van der Waals surface area contributed by atoms with E-state index in [2.05, 4.69) is 31.3 Å². The highest BCUT2D eigenvalue weighted by atomic mass is 79.9. The first kappa shape index (κ1) is 11.7. The topological polar surface area (TPSA) is 84.7 Å². The number of hydrogen-bond donors (Lipinski definition) is 2. The lowest BCUT2D eigenvalue weighted by Gasteiger charge is -2.06. The van der Waals surface area contributed by atoms with E-state index in [4.69, 9.17) is 5.73 Å². The van der Waals surface area contributed by atoms with Crippen LogP contribution in [-0.4, -0.2) is 21.3 Å². The molecule has 1 heterocycles. The van der Waals surface area contributed by atoms with Crippen LogP contribution >= 0.6 is 15.9 Å². The molecular weight excluding hydrogens is 291 g/mol. The number of primary amides is 1. The molecule has 1 amide bonds. The smallest absolute Gasteiger partial charge is 0.271 e. The maximum absolute atomic E-state index is 13.8. The maximum Gasteiger partial charge on any atom is 0.271 e.